The second-order valence-electron chi connectivity index (χ2n) is 6.91. The molecule has 2 aromatic rings. The molecule has 0 saturated carbocycles. The van der Waals surface area contributed by atoms with E-state index in [2.05, 4.69) is 20.2 Å². The minimum atomic E-state index is -0.137. The molecule has 4 atom stereocenters. The lowest BCUT2D eigenvalue weighted by atomic mass is 9.95. The Hall–Kier alpha value is -1.73. The maximum Gasteiger partial charge on any atom is 0.243 e. The number of hydrogen-bond acceptors (Lipinski definition) is 6. The summed E-state index contributed by atoms with van der Waals surface area (Å²) < 4.78 is 5.86. The van der Waals surface area contributed by atoms with Crippen LogP contribution in [0.25, 0.3) is 10.2 Å². The van der Waals surface area contributed by atoms with Crippen molar-refractivity contribution in [2.24, 2.45) is 0 Å². The molecule has 3 aliphatic rings. The van der Waals surface area contributed by atoms with Crippen LogP contribution in [-0.2, 0) is 9.53 Å². The molecule has 0 spiro atoms. The van der Waals surface area contributed by atoms with Gasteiger partial charge in [0.25, 0.3) is 0 Å². The molecule has 1 amide bonds. The lowest BCUT2D eigenvalue weighted by molar-refractivity contribution is -0.123. The van der Waals surface area contributed by atoms with Gasteiger partial charge in [0.1, 0.15) is 23.0 Å². The quantitative estimate of drug-likeness (QED) is 0.923. The number of carbonyl (C=O) groups excluding carboxylic acids is 1. The smallest absolute Gasteiger partial charge is 0.243 e. The van der Waals surface area contributed by atoms with Crippen LogP contribution in [0.3, 0.4) is 0 Å². The largest absolute Gasteiger partial charge is 0.373 e. The van der Waals surface area contributed by atoms with Crippen molar-refractivity contribution in [3.63, 3.8) is 0 Å². The Morgan fingerprint density at radius 2 is 2.29 bits per heavy atom. The van der Waals surface area contributed by atoms with Gasteiger partial charge in [0.05, 0.1) is 23.6 Å². The Morgan fingerprint density at radius 3 is 3.12 bits per heavy atom. The molecular formula is C17H20N4O2S. The van der Waals surface area contributed by atoms with Gasteiger partial charge in [-0.25, -0.2) is 9.97 Å². The van der Waals surface area contributed by atoms with Crippen LogP contribution in [0.2, 0.25) is 0 Å². The molecule has 0 aliphatic carbocycles. The predicted molar refractivity (Wildman–Crippen MR) is 92.2 cm³/mol. The van der Waals surface area contributed by atoms with Crippen molar-refractivity contribution in [2.45, 2.75) is 56.4 Å². The SMILES string of the molecule is O=C(N[C@@H]1C[C@@H]2CC[C@@H]1O2)[C@@H]1CCCN1c1ncnc2sccc12. The number of rotatable bonds is 3. The van der Waals surface area contributed by atoms with Crippen LogP contribution in [0.5, 0.6) is 0 Å². The highest BCUT2D eigenvalue weighted by Crippen LogP contribution is 2.35. The zero-order valence-corrected chi connectivity index (χ0v) is 14.2. The van der Waals surface area contributed by atoms with E-state index in [0.29, 0.717) is 6.10 Å². The third-order valence-electron chi connectivity index (χ3n) is 5.50. The van der Waals surface area contributed by atoms with E-state index in [1.807, 2.05) is 11.4 Å². The Kier molecular flexibility index (Phi) is 3.45. The lowest BCUT2D eigenvalue weighted by Gasteiger charge is -2.28. The van der Waals surface area contributed by atoms with Crippen molar-refractivity contribution in [3.05, 3.63) is 17.8 Å². The monoisotopic (exact) mass is 344 g/mol. The molecule has 5 rings (SSSR count). The van der Waals surface area contributed by atoms with Crippen LogP contribution >= 0.6 is 11.3 Å². The molecule has 3 fully saturated rings. The average molecular weight is 344 g/mol. The number of fused-ring (bicyclic) bond motifs is 3. The van der Waals surface area contributed by atoms with E-state index in [1.54, 1.807) is 17.7 Å². The molecule has 3 saturated heterocycles. The summed E-state index contributed by atoms with van der Waals surface area (Å²) in [5, 5.41) is 6.32. The maximum atomic E-state index is 12.9. The first kappa shape index (κ1) is 14.6. The number of nitrogens with zero attached hydrogens (tertiary/aromatic N) is 3. The van der Waals surface area contributed by atoms with Crippen LogP contribution in [0.1, 0.15) is 32.1 Å². The highest BCUT2D eigenvalue weighted by molar-refractivity contribution is 7.16. The zero-order valence-electron chi connectivity index (χ0n) is 13.4. The van der Waals surface area contributed by atoms with Crippen molar-refractivity contribution < 1.29 is 9.53 Å². The van der Waals surface area contributed by atoms with Gasteiger partial charge in [-0.1, -0.05) is 0 Å². The minimum Gasteiger partial charge on any atom is -0.373 e. The van der Waals surface area contributed by atoms with Crippen molar-refractivity contribution in [1.82, 2.24) is 15.3 Å². The van der Waals surface area contributed by atoms with Crippen LogP contribution < -0.4 is 10.2 Å². The van der Waals surface area contributed by atoms with Gasteiger partial charge in [-0.05, 0) is 43.6 Å². The summed E-state index contributed by atoms with van der Waals surface area (Å²) in [5.74, 6) is 1.01. The fraction of sp³-hybridized carbons (Fsp3) is 0.588. The number of amides is 1. The van der Waals surface area contributed by atoms with Gasteiger partial charge in [0.15, 0.2) is 0 Å². The number of ether oxygens (including phenoxy) is 1. The molecule has 2 bridgehead atoms. The number of thiophene rings is 1. The molecule has 1 N–H and O–H groups in total. The van der Waals surface area contributed by atoms with E-state index in [0.717, 1.165) is 54.7 Å². The first-order chi connectivity index (χ1) is 11.8. The molecule has 3 aliphatic heterocycles. The van der Waals surface area contributed by atoms with E-state index >= 15 is 0 Å². The van der Waals surface area contributed by atoms with E-state index < -0.39 is 0 Å². The topological polar surface area (TPSA) is 67.3 Å². The molecule has 24 heavy (non-hydrogen) atoms. The van der Waals surface area contributed by atoms with Crippen molar-refractivity contribution in [2.75, 3.05) is 11.4 Å². The number of aromatic nitrogens is 2. The first-order valence-electron chi connectivity index (χ1n) is 8.70. The van der Waals surface area contributed by atoms with Gasteiger partial charge < -0.3 is 15.0 Å². The fourth-order valence-electron chi connectivity index (χ4n) is 4.37. The Balaban J connectivity index is 1.37. The molecule has 0 radical (unpaired) electrons. The van der Waals surface area contributed by atoms with E-state index in [4.69, 9.17) is 4.74 Å². The summed E-state index contributed by atoms with van der Waals surface area (Å²) in [7, 11) is 0. The summed E-state index contributed by atoms with van der Waals surface area (Å²) >= 11 is 1.61. The number of anilines is 1. The molecule has 5 heterocycles. The normalized spacial score (nSPS) is 31.9. The van der Waals surface area contributed by atoms with E-state index in [1.165, 1.54) is 0 Å². The van der Waals surface area contributed by atoms with Gasteiger partial charge in [-0.3, -0.25) is 4.79 Å². The molecule has 2 aromatic heterocycles. The van der Waals surface area contributed by atoms with Crippen LogP contribution in [0, 0.1) is 0 Å². The highest BCUT2D eigenvalue weighted by atomic mass is 32.1. The van der Waals surface area contributed by atoms with Gasteiger partial charge >= 0.3 is 0 Å². The van der Waals surface area contributed by atoms with Gasteiger partial charge in [0, 0.05) is 6.54 Å². The van der Waals surface area contributed by atoms with Crippen molar-refractivity contribution in [1.29, 1.82) is 0 Å². The summed E-state index contributed by atoms with van der Waals surface area (Å²) in [4.78, 5) is 24.8. The van der Waals surface area contributed by atoms with E-state index in [9.17, 15) is 4.79 Å². The van der Waals surface area contributed by atoms with Crippen molar-refractivity contribution in [3.8, 4) is 0 Å². The highest BCUT2D eigenvalue weighted by Gasteiger charge is 2.43. The van der Waals surface area contributed by atoms with Crippen molar-refractivity contribution >= 4 is 33.3 Å². The molecule has 0 unspecified atom stereocenters. The zero-order chi connectivity index (χ0) is 16.1. The number of nitrogens with one attached hydrogen (secondary N) is 1. The third-order valence-corrected chi connectivity index (χ3v) is 6.32. The Morgan fingerprint density at radius 1 is 1.33 bits per heavy atom. The van der Waals surface area contributed by atoms with Crippen LogP contribution in [0.15, 0.2) is 17.8 Å². The summed E-state index contributed by atoms with van der Waals surface area (Å²) in [6, 6.07) is 2.10. The second-order valence-corrected chi connectivity index (χ2v) is 7.81. The molecule has 7 heteroatoms. The fourth-order valence-corrected chi connectivity index (χ4v) is 5.09. The average Bonchev–Trinajstić information content (AvgIpc) is 3.36. The van der Waals surface area contributed by atoms with Gasteiger partial charge in [-0.15, -0.1) is 11.3 Å². The number of carbonyl (C=O) groups is 1. The molecule has 0 aromatic carbocycles. The minimum absolute atomic E-state index is 0.121. The second kappa shape index (κ2) is 5.67. The lowest BCUT2D eigenvalue weighted by Crippen LogP contribution is -2.50. The summed E-state index contributed by atoms with van der Waals surface area (Å²) in [6.45, 7) is 0.868. The van der Waals surface area contributed by atoms with Crippen LogP contribution in [0.4, 0.5) is 5.82 Å². The number of hydrogen-bond donors (Lipinski definition) is 1. The van der Waals surface area contributed by atoms with Crippen LogP contribution in [-0.4, -0.2) is 46.7 Å². The molecular weight excluding hydrogens is 324 g/mol. The van der Waals surface area contributed by atoms with E-state index in [-0.39, 0.29) is 24.1 Å². The first-order valence-corrected chi connectivity index (χ1v) is 9.58. The predicted octanol–water partition coefficient (Wildman–Crippen LogP) is 2.10. The van der Waals surface area contributed by atoms with Gasteiger partial charge in [-0.2, -0.15) is 0 Å². The standard InChI is InChI=1S/C17H20N4O2S/c22-16(20-12-8-10-3-4-14(12)23-10)13-2-1-6-21(13)15-11-5-7-24-17(11)19-9-18-15/h5,7,9-10,12-14H,1-4,6,8H2,(H,20,22)/t10-,12+,13-,14-/m0/s1. The third kappa shape index (κ3) is 2.29. The summed E-state index contributed by atoms with van der Waals surface area (Å²) in [5.41, 5.74) is 0. The maximum absolute atomic E-state index is 12.9. The summed E-state index contributed by atoms with van der Waals surface area (Å²) in [6.07, 6.45) is 7.25. The Labute approximate surface area is 144 Å². The van der Waals surface area contributed by atoms with Gasteiger partial charge in [0.2, 0.25) is 5.91 Å². The Bertz CT molecular complexity index is 779. The molecule has 6 nitrogen and oxygen atoms in total. The molecule has 126 valence electrons.